The number of rotatable bonds is 7. The lowest BCUT2D eigenvalue weighted by molar-refractivity contribution is 0.0991. The molecular formula is C20H18F2N4O2S. The molecule has 0 radical (unpaired) electrons. The van der Waals surface area contributed by atoms with Crippen molar-refractivity contribution in [3.05, 3.63) is 71.0 Å². The average Bonchev–Trinajstić information content (AvgIpc) is 3.08. The SMILES string of the molecule is C=C(c1cnc2sc(COc3ccc(F)c(C(N)=O)c3F)nc2c1)N(C)/C=C\C. The molecule has 0 fully saturated rings. The summed E-state index contributed by atoms with van der Waals surface area (Å²) in [7, 11) is 1.88. The van der Waals surface area contributed by atoms with Gasteiger partial charge in [0, 0.05) is 24.5 Å². The van der Waals surface area contributed by atoms with Gasteiger partial charge in [-0.25, -0.2) is 18.7 Å². The molecule has 0 aliphatic rings. The normalized spacial score (nSPS) is 11.2. The Kier molecular flexibility index (Phi) is 5.88. The van der Waals surface area contributed by atoms with E-state index in [1.807, 2.05) is 37.2 Å². The first-order valence-corrected chi connectivity index (χ1v) is 9.34. The number of hydrogen-bond acceptors (Lipinski definition) is 6. The van der Waals surface area contributed by atoms with Crippen molar-refractivity contribution in [2.75, 3.05) is 7.05 Å². The minimum absolute atomic E-state index is 0.0729. The number of aromatic nitrogens is 2. The number of primary amides is 1. The van der Waals surface area contributed by atoms with Gasteiger partial charge in [-0.1, -0.05) is 24.0 Å². The van der Waals surface area contributed by atoms with E-state index in [1.165, 1.54) is 11.3 Å². The molecule has 2 aromatic heterocycles. The van der Waals surface area contributed by atoms with Crippen LogP contribution in [0.3, 0.4) is 0 Å². The van der Waals surface area contributed by atoms with Crippen LogP contribution < -0.4 is 10.5 Å². The molecule has 1 aromatic carbocycles. The van der Waals surface area contributed by atoms with Gasteiger partial charge in [0.2, 0.25) is 0 Å². The molecule has 6 nitrogen and oxygen atoms in total. The molecular weight excluding hydrogens is 398 g/mol. The molecule has 0 aliphatic carbocycles. The fourth-order valence-corrected chi connectivity index (χ4v) is 3.41. The Balaban J connectivity index is 1.81. The number of pyridine rings is 1. The summed E-state index contributed by atoms with van der Waals surface area (Å²) in [6, 6.07) is 3.88. The van der Waals surface area contributed by atoms with Crippen molar-refractivity contribution in [1.82, 2.24) is 14.9 Å². The Hall–Kier alpha value is -3.33. The van der Waals surface area contributed by atoms with Gasteiger partial charge >= 0.3 is 0 Å². The van der Waals surface area contributed by atoms with Crippen LogP contribution in [0.5, 0.6) is 5.75 Å². The van der Waals surface area contributed by atoms with Crippen LogP contribution in [-0.4, -0.2) is 27.8 Å². The zero-order valence-corrected chi connectivity index (χ0v) is 16.6. The number of carbonyl (C=O) groups is 1. The largest absolute Gasteiger partial charge is 0.483 e. The molecule has 2 heterocycles. The van der Waals surface area contributed by atoms with Gasteiger partial charge < -0.3 is 15.4 Å². The third-order valence-electron chi connectivity index (χ3n) is 4.08. The molecule has 1 amide bonds. The predicted molar refractivity (Wildman–Crippen MR) is 108 cm³/mol. The minimum Gasteiger partial charge on any atom is -0.483 e. The molecule has 3 aromatic rings. The maximum Gasteiger partial charge on any atom is 0.254 e. The molecule has 0 aliphatic heterocycles. The molecule has 0 saturated carbocycles. The maximum atomic E-state index is 14.3. The number of thiazole rings is 1. The Morgan fingerprint density at radius 3 is 2.86 bits per heavy atom. The van der Waals surface area contributed by atoms with Gasteiger partial charge in [0.15, 0.2) is 11.6 Å². The second kappa shape index (κ2) is 8.36. The lowest BCUT2D eigenvalue weighted by atomic mass is 10.2. The summed E-state index contributed by atoms with van der Waals surface area (Å²) in [6.07, 6.45) is 5.48. The van der Waals surface area contributed by atoms with Gasteiger partial charge in [-0.05, 0) is 31.3 Å². The fourth-order valence-electron chi connectivity index (χ4n) is 2.62. The van der Waals surface area contributed by atoms with Crippen molar-refractivity contribution >= 4 is 33.3 Å². The zero-order chi connectivity index (χ0) is 21.1. The van der Waals surface area contributed by atoms with Crippen molar-refractivity contribution in [3.8, 4) is 5.75 Å². The summed E-state index contributed by atoms with van der Waals surface area (Å²) in [5.74, 6) is -3.66. The lowest BCUT2D eigenvalue weighted by Gasteiger charge is -2.16. The van der Waals surface area contributed by atoms with Crippen LogP contribution in [0.25, 0.3) is 16.0 Å². The summed E-state index contributed by atoms with van der Waals surface area (Å²) in [6.45, 7) is 5.89. The van der Waals surface area contributed by atoms with E-state index in [4.69, 9.17) is 10.5 Å². The van der Waals surface area contributed by atoms with E-state index in [1.54, 1.807) is 6.20 Å². The van der Waals surface area contributed by atoms with Crippen molar-refractivity contribution in [2.24, 2.45) is 5.73 Å². The average molecular weight is 416 g/mol. The van der Waals surface area contributed by atoms with E-state index in [2.05, 4.69) is 16.5 Å². The van der Waals surface area contributed by atoms with E-state index in [9.17, 15) is 13.6 Å². The smallest absolute Gasteiger partial charge is 0.254 e. The summed E-state index contributed by atoms with van der Waals surface area (Å²) < 4.78 is 33.2. The van der Waals surface area contributed by atoms with Crippen LogP contribution in [0.1, 0.15) is 27.9 Å². The van der Waals surface area contributed by atoms with Crippen molar-refractivity contribution in [2.45, 2.75) is 13.5 Å². The highest BCUT2D eigenvalue weighted by Crippen LogP contribution is 2.27. The Morgan fingerprint density at radius 1 is 1.41 bits per heavy atom. The van der Waals surface area contributed by atoms with Crippen LogP contribution in [0.15, 0.2) is 43.3 Å². The molecule has 0 bridgehead atoms. The molecule has 0 saturated heterocycles. The first kappa shape index (κ1) is 20.4. The van der Waals surface area contributed by atoms with Gasteiger partial charge in [-0.15, -0.1) is 0 Å². The van der Waals surface area contributed by atoms with Crippen LogP contribution >= 0.6 is 11.3 Å². The summed E-state index contributed by atoms with van der Waals surface area (Å²) in [5.41, 5.74) is 6.40. The van der Waals surface area contributed by atoms with Gasteiger partial charge in [-0.2, -0.15) is 0 Å². The van der Waals surface area contributed by atoms with Gasteiger partial charge in [0.05, 0.1) is 0 Å². The molecule has 29 heavy (non-hydrogen) atoms. The van der Waals surface area contributed by atoms with E-state index < -0.39 is 23.1 Å². The minimum atomic E-state index is -1.20. The van der Waals surface area contributed by atoms with Crippen molar-refractivity contribution in [1.29, 1.82) is 0 Å². The zero-order valence-electron chi connectivity index (χ0n) is 15.8. The van der Waals surface area contributed by atoms with Crippen molar-refractivity contribution < 1.29 is 18.3 Å². The molecule has 150 valence electrons. The van der Waals surface area contributed by atoms with Gasteiger partial charge in [-0.3, -0.25) is 4.79 Å². The van der Waals surface area contributed by atoms with E-state index in [0.717, 1.165) is 23.4 Å². The molecule has 0 spiro atoms. The first-order chi connectivity index (χ1) is 13.8. The highest BCUT2D eigenvalue weighted by Gasteiger charge is 2.19. The number of halogens is 2. The Bertz CT molecular complexity index is 1130. The van der Waals surface area contributed by atoms with Crippen molar-refractivity contribution in [3.63, 3.8) is 0 Å². The summed E-state index contributed by atoms with van der Waals surface area (Å²) in [4.78, 5) is 22.6. The maximum absolute atomic E-state index is 14.3. The first-order valence-electron chi connectivity index (χ1n) is 8.52. The van der Waals surface area contributed by atoms with Gasteiger partial charge in [0.25, 0.3) is 5.91 Å². The molecule has 9 heteroatoms. The quantitative estimate of drug-likeness (QED) is 0.628. The highest BCUT2D eigenvalue weighted by molar-refractivity contribution is 7.18. The predicted octanol–water partition coefficient (Wildman–Crippen LogP) is 4.08. The number of hydrogen-bond donors (Lipinski definition) is 1. The highest BCUT2D eigenvalue weighted by atomic mass is 32.1. The van der Waals surface area contributed by atoms with E-state index >= 15 is 0 Å². The molecule has 0 atom stereocenters. The number of fused-ring (bicyclic) bond motifs is 1. The molecule has 3 rings (SSSR count). The van der Waals surface area contributed by atoms with Gasteiger partial charge in [0.1, 0.15) is 33.3 Å². The summed E-state index contributed by atoms with van der Waals surface area (Å²) in [5, 5.41) is 0.543. The standard InChI is InChI=1S/C20H18F2N4O2S/c1-4-7-26(3)11(2)12-8-14-20(24-9-12)29-16(25-14)10-28-15-6-5-13(21)17(18(15)22)19(23)27/h4-9H,2,10H2,1,3H3,(H2,23,27)/b7-4-. The summed E-state index contributed by atoms with van der Waals surface area (Å²) >= 11 is 1.28. The van der Waals surface area contributed by atoms with E-state index in [-0.39, 0.29) is 12.4 Å². The number of amides is 1. The molecule has 2 N–H and O–H groups in total. The molecule has 0 unspecified atom stereocenters. The van der Waals surface area contributed by atoms with Crippen LogP contribution in [0.2, 0.25) is 0 Å². The van der Waals surface area contributed by atoms with Crippen LogP contribution in [-0.2, 0) is 6.61 Å². The van der Waals surface area contributed by atoms with E-state index in [0.29, 0.717) is 15.4 Å². The third kappa shape index (κ3) is 4.24. The number of allylic oxidation sites excluding steroid dienone is 1. The lowest BCUT2D eigenvalue weighted by Crippen LogP contribution is -2.16. The third-order valence-corrected chi connectivity index (χ3v) is 5.03. The number of nitrogens with two attached hydrogens (primary N) is 1. The monoisotopic (exact) mass is 416 g/mol. The number of carbonyl (C=O) groups excluding carboxylic acids is 1. The second-order valence-corrected chi connectivity index (χ2v) is 7.15. The fraction of sp³-hybridized carbons (Fsp3) is 0.150. The second-order valence-electron chi connectivity index (χ2n) is 6.08. The van der Waals surface area contributed by atoms with Crippen LogP contribution in [0.4, 0.5) is 8.78 Å². The topological polar surface area (TPSA) is 81.3 Å². The Labute approximate surface area is 169 Å². The van der Waals surface area contributed by atoms with Crippen LogP contribution in [0, 0.1) is 11.6 Å². The number of benzene rings is 1. The number of ether oxygens (including phenoxy) is 1. The number of nitrogens with zero attached hydrogens (tertiary/aromatic N) is 3. The Morgan fingerprint density at radius 2 is 2.17 bits per heavy atom.